The Morgan fingerprint density at radius 1 is 1.14 bits per heavy atom. The first-order valence-corrected chi connectivity index (χ1v) is 12.8. The maximum atomic E-state index is 12.9. The third-order valence-electron chi connectivity index (χ3n) is 5.98. The number of carbonyl (C=O) groups is 1. The molecule has 0 atom stereocenters. The number of hydrogen-bond acceptors (Lipinski definition) is 7. The van der Waals surface area contributed by atoms with E-state index in [2.05, 4.69) is 20.5 Å². The molecular weight excluding hydrogens is 468 g/mol. The van der Waals surface area contributed by atoms with Gasteiger partial charge in [-0.25, -0.2) is 13.4 Å². The number of fused-ring (bicyclic) bond motifs is 1. The van der Waals surface area contributed by atoms with Crippen molar-refractivity contribution in [1.82, 2.24) is 24.1 Å². The molecule has 1 amide bonds. The van der Waals surface area contributed by atoms with Crippen LogP contribution in [0.3, 0.4) is 0 Å². The molecule has 0 radical (unpaired) electrons. The molecule has 0 aliphatic carbocycles. The molecule has 0 unspecified atom stereocenters. The Balaban J connectivity index is 1.49. The number of anilines is 1. The summed E-state index contributed by atoms with van der Waals surface area (Å²) in [6, 6.07) is 10.5. The summed E-state index contributed by atoms with van der Waals surface area (Å²) in [7, 11) is -1.72. The fourth-order valence-corrected chi connectivity index (χ4v) is 5.43. The van der Waals surface area contributed by atoms with E-state index in [9.17, 15) is 13.2 Å². The molecule has 11 heteroatoms. The largest absolute Gasteiger partial charge is 0.423 e. The smallest absolute Gasteiger partial charge is 0.247 e. The lowest BCUT2D eigenvalue weighted by molar-refractivity contribution is -0.116. The van der Waals surface area contributed by atoms with Crippen LogP contribution in [-0.2, 0) is 28.3 Å². The van der Waals surface area contributed by atoms with Crippen LogP contribution in [-0.4, -0.2) is 51.5 Å². The van der Waals surface area contributed by atoms with Gasteiger partial charge in [0.25, 0.3) is 0 Å². The SMILES string of the molecule is CCN(CC)S(=O)(=O)c1ccc2c(c1)nc(CCC(=O)Nc1cc(-c3nnco3)ccc1C)n2C. The fourth-order valence-electron chi connectivity index (χ4n) is 3.95. The average Bonchev–Trinajstić information content (AvgIpc) is 3.48. The van der Waals surface area contributed by atoms with E-state index in [1.54, 1.807) is 24.3 Å². The molecule has 1 N–H and O–H groups in total. The van der Waals surface area contributed by atoms with Crippen LogP contribution in [0.5, 0.6) is 0 Å². The summed E-state index contributed by atoms with van der Waals surface area (Å²) < 4.78 is 34.3. The molecule has 35 heavy (non-hydrogen) atoms. The predicted octanol–water partition coefficient (Wildman–Crippen LogP) is 3.53. The van der Waals surface area contributed by atoms with E-state index in [1.807, 2.05) is 44.5 Å². The highest BCUT2D eigenvalue weighted by molar-refractivity contribution is 7.89. The van der Waals surface area contributed by atoms with Crippen molar-refractivity contribution in [1.29, 1.82) is 0 Å². The number of benzene rings is 2. The maximum Gasteiger partial charge on any atom is 0.247 e. The second kappa shape index (κ2) is 9.96. The molecule has 2 heterocycles. The Hall–Kier alpha value is -3.57. The lowest BCUT2D eigenvalue weighted by Gasteiger charge is -2.18. The molecule has 4 rings (SSSR count). The van der Waals surface area contributed by atoms with E-state index in [4.69, 9.17) is 4.42 Å². The molecule has 0 bridgehead atoms. The van der Waals surface area contributed by atoms with E-state index in [1.165, 1.54) is 10.7 Å². The summed E-state index contributed by atoms with van der Waals surface area (Å²) in [5.41, 5.74) is 3.68. The Morgan fingerprint density at radius 2 is 1.91 bits per heavy atom. The van der Waals surface area contributed by atoms with Crippen molar-refractivity contribution < 1.29 is 17.6 Å². The summed E-state index contributed by atoms with van der Waals surface area (Å²) in [5.74, 6) is 0.916. The molecule has 184 valence electrons. The van der Waals surface area contributed by atoms with Crippen molar-refractivity contribution in [3.05, 3.63) is 54.2 Å². The molecule has 0 aliphatic rings. The summed E-state index contributed by atoms with van der Waals surface area (Å²) in [6.07, 6.45) is 1.87. The quantitative estimate of drug-likeness (QED) is 0.376. The van der Waals surface area contributed by atoms with Gasteiger partial charge in [-0.05, 0) is 42.8 Å². The van der Waals surface area contributed by atoms with Gasteiger partial charge in [0.1, 0.15) is 5.82 Å². The normalized spacial score (nSPS) is 11.9. The van der Waals surface area contributed by atoms with Gasteiger partial charge in [-0.1, -0.05) is 19.9 Å². The number of carbonyl (C=O) groups excluding carboxylic acids is 1. The zero-order valence-electron chi connectivity index (χ0n) is 20.1. The van der Waals surface area contributed by atoms with E-state index >= 15 is 0 Å². The van der Waals surface area contributed by atoms with Crippen molar-refractivity contribution in [2.45, 2.75) is 38.5 Å². The van der Waals surface area contributed by atoms with E-state index in [0.717, 1.165) is 11.1 Å². The maximum absolute atomic E-state index is 12.9. The molecule has 4 aromatic rings. The summed E-state index contributed by atoms with van der Waals surface area (Å²) in [6.45, 7) is 6.33. The number of rotatable bonds is 9. The van der Waals surface area contributed by atoms with Crippen LogP contribution >= 0.6 is 0 Å². The molecule has 0 saturated heterocycles. The second-order valence-corrected chi connectivity index (χ2v) is 10.1. The van der Waals surface area contributed by atoms with Crippen LogP contribution in [0, 0.1) is 6.92 Å². The molecule has 0 fully saturated rings. The van der Waals surface area contributed by atoms with Gasteiger partial charge in [0, 0.05) is 44.2 Å². The number of nitrogens with one attached hydrogen (secondary N) is 1. The third kappa shape index (κ3) is 4.96. The number of aromatic nitrogens is 4. The van der Waals surface area contributed by atoms with Crippen LogP contribution in [0.4, 0.5) is 5.69 Å². The second-order valence-electron chi connectivity index (χ2n) is 8.15. The number of nitrogens with zero attached hydrogens (tertiary/aromatic N) is 5. The van der Waals surface area contributed by atoms with Gasteiger partial charge in [-0.3, -0.25) is 4.79 Å². The zero-order valence-corrected chi connectivity index (χ0v) is 21.0. The number of sulfonamides is 1. The average molecular weight is 497 g/mol. The summed E-state index contributed by atoms with van der Waals surface area (Å²) >= 11 is 0. The first-order valence-electron chi connectivity index (χ1n) is 11.4. The zero-order chi connectivity index (χ0) is 25.2. The van der Waals surface area contributed by atoms with E-state index in [0.29, 0.717) is 48.0 Å². The molecule has 0 aliphatic heterocycles. The van der Waals surface area contributed by atoms with Crippen molar-refractivity contribution in [3.63, 3.8) is 0 Å². The fraction of sp³-hybridized carbons (Fsp3) is 0.333. The minimum Gasteiger partial charge on any atom is -0.423 e. The molecule has 0 spiro atoms. The highest BCUT2D eigenvalue weighted by Gasteiger charge is 2.23. The lowest BCUT2D eigenvalue weighted by Crippen LogP contribution is -2.30. The van der Waals surface area contributed by atoms with Gasteiger partial charge < -0.3 is 14.3 Å². The summed E-state index contributed by atoms with van der Waals surface area (Å²) in [5, 5.41) is 10.5. The van der Waals surface area contributed by atoms with Gasteiger partial charge >= 0.3 is 0 Å². The molecule has 10 nitrogen and oxygen atoms in total. The number of hydrogen-bond donors (Lipinski definition) is 1. The Kier molecular flexibility index (Phi) is 6.99. The molecule has 2 aromatic heterocycles. The standard InChI is InChI=1S/C24H28N6O4S/c1-5-30(6-2)35(32,33)18-9-10-21-20(14-18)26-22(29(21)4)11-12-23(31)27-19-13-17(8-7-16(19)3)24-28-25-15-34-24/h7-10,13-15H,5-6,11-12H2,1-4H3,(H,27,31). The highest BCUT2D eigenvalue weighted by Crippen LogP contribution is 2.25. The number of aryl methyl sites for hydroxylation is 3. The van der Waals surface area contributed by atoms with Crippen molar-refractivity contribution >= 4 is 32.7 Å². The first-order chi connectivity index (χ1) is 16.7. The minimum absolute atomic E-state index is 0.160. The first kappa shape index (κ1) is 24.6. The van der Waals surface area contributed by atoms with Crippen LogP contribution in [0.15, 0.2) is 52.1 Å². The van der Waals surface area contributed by atoms with Gasteiger partial charge in [0.15, 0.2) is 0 Å². The van der Waals surface area contributed by atoms with Gasteiger partial charge in [-0.2, -0.15) is 4.31 Å². The highest BCUT2D eigenvalue weighted by atomic mass is 32.2. The topological polar surface area (TPSA) is 123 Å². The van der Waals surface area contributed by atoms with Gasteiger partial charge in [0.2, 0.25) is 28.2 Å². The summed E-state index contributed by atoms with van der Waals surface area (Å²) in [4.78, 5) is 17.5. The predicted molar refractivity (Wildman–Crippen MR) is 132 cm³/mol. The van der Waals surface area contributed by atoms with Gasteiger partial charge in [0.05, 0.1) is 15.9 Å². The molecular formula is C24H28N6O4S. The van der Waals surface area contributed by atoms with Crippen molar-refractivity contribution in [2.24, 2.45) is 7.05 Å². The Labute approximate surface area is 204 Å². The van der Waals surface area contributed by atoms with Crippen LogP contribution in [0.1, 0.15) is 31.7 Å². The monoisotopic (exact) mass is 496 g/mol. The van der Waals surface area contributed by atoms with E-state index in [-0.39, 0.29) is 17.2 Å². The van der Waals surface area contributed by atoms with Crippen molar-refractivity contribution in [2.75, 3.05) is 18.4 Å². The number of amides is 1. The van der Waals surface area contributed by atoms with E-state index < -0.39 is 10.0 Å². The Bertz CT molecular complexity index is 1460. The van der Waals surface area contributed by atoms with Gasteiger partial charge in [-0.15, -0.1) is 10.2 Å². The van der Waals surface area contributed by atoms with Crippen LogP contribution in [0.2, 0.25) is 0 Å². The molecule has 0 saturated carbocycles. The minimum atomic E-state index is -3.58. The molecule has 2 aromatic carbocycles. The van der Waals surface area contributed by atoms with Crippen LogP contribution in [0.25, 0.3) is 22.5 Å². The lowest BCUT2D eigenvalue weighted by atomic mass is 10.1. The van der Waals surface area contributed by atoms with Crippen molar-refractivity contribution in [3.8, 4) is 11.5 Å². The Morgan fingerprint density at radius 3 is 2.60 bits per heavy atom. The van der Waals surface area contributed by atoms with Crippen LogP contribution < -0.4 is 5.32 Å². The number of imidazole rings is 1. The third-order valence-corrected chi connectivity index (χ3v) is 8.03.